The third-order valence-corrected chi connectivity index (χ3v) is 3.29. The summed E-state index contributed by atoms with van der Waals surface area (Å²) in [5.41, 5.74) is 2.96. The van der Waals surface area contributed by atoms with Crippen LogP contribution in [0.25, 0.3) is 0 Å². The van der Waals surface area contributed by atoms with E-state index in [9.17, 15) is 5.11 Å². The summed E-state index contributed by atoms with van der Waals surface area (Å²) in [6, 6.07) is 6.21. The van der Waals surface area contributed by atoms with Crippen molar-refractivity contribution in [1.82, 2.24) is 9.55 Å². The Morgan fingerprint density at radius 2 is 2.05 bits per heavy atom. The Hall–Kier alpha value is -1.81. The van der Waals surface area contributed by atoms with Crippen molar-refractivity contribution in [3.63, 3.8) is 0 Å². The smallest absolute Gasteiger partial charge is 0.130 e. The molecular weight excluding hydrogens is 252 g/mol. The summed E-state index contributed by atoms with van der Waals surface area (Å²) >= 11 is 0. The number of aliphatic hydroxyl groups is 1. The average Bonchev–Trinajstić information content (AvgIpc) is 2.85. The normalized spacial score (nSPS) is 12.7. The highest BCUT2D eigenvalue weighted by atomic mass is 16.5. The van der Waals surface area contributed by atoms with E-state index >= 15 is 0 Å². The molecule has 1 aromatic heterocycles. The van der Waals surface area contributed by atoms with Gasteiger partial charge < -0.3 is 14.4 Å². The van der Waals surface area contributed by atoms with Gasteiger partial charge in [-0.2, -0.15) is 0 Å². The van der Waals surface area contributed by atoms with E-state index in [0.717, 1.165) is 22.6 Å². The van der Waals surface area contributed by atoms with E-state index < -0.39 is 6.10 Å². The zero-order chi connectivity index (χ0) is 14.7. The van der Waals surface area contributed by atoms with Gasteiger partial charge in [0.1, 0.15) is 12.4 Å². The molecule has 0 amide bonds. The lowest BCUT2D eigenvalue weighted by Gasteiger charge is -2.16. The molecule has 108 valence electrons. The molecule has 4 heteroatoms. The van der Waals surface area contributed by atoms with Crippen LogP contribution in [0.1, 0.15) is 49.7 Å². The highest BCUT2D eigenvalue weighted by Crippen LogP contribution is 2.27. The standard InChI is InChI=1S/C16H22N2O2/c1-11(2)18-10-17-8-14(18)9-20-16-6-5-12(3)7-15(16)13(4)19/h5-8,10-11,13,19H,9H2,1-4H3/t13-/m1/s1. The maximum atomic E-state index is 9.83. The second-order valence-corrected chi connectivity index (χ2v) is 5.39. The number of nitrogens with zero attached hydrogens (tertiary/aromatic N) is 2. The number of hydrogen-bond acceptors (Lipinski definition) is 3. The maximum absolute atomic E-state index is 9.83. The summed E-state index contributed by atoms with van der Waals surface area (Å²) < 4.78 is 7.95. The van der Waals surface area contributed by atoms with Gasteiger partial charge in [0.15, 0.2) is 0 Å². The predicted molar refractivity (Wildman–Crippen MR) is 78.8 cm³/mol. The maximum Gasteiger partial charge on any atom is 0.130 e. The molecule has 0 saturated carbocycles. The van der Waals surface area contributed by atoms with Crippen molar-refractivity contribution in [2.75, 3.05) is 0 Å². The zero-order valence-corrected chi connectivity index (χ0v) is 12.5. The van der Waals surface area contributed by atoms with Crippen molar-refractivity contribution in [3.8, 4) is 5.75 Å². The molecule has 1 N–H and O–H groups in total. The Morgan fingerprint density at radius 3 is 2.70 bits per heavy atom. The molecule has 0 aliphatic heterocycles. The van der Waals surface area contributed by atoms with Gasteiger partial charge in [0.2, 0.25) is 0 Å². The summed E-state index contributed by atoms with van der Waals surface area (Å²) in [4.78, 5) is 4.16. The van der Waals surface area contributed by atoms with Crippen molar-refractivity contribution in [3.05, 3.63) is 47.5 Å². The molecule has 0 saturated heterocycles. The lowest BCUT2D eigenvalue weighted by molar-refractivity contribution is 0.189. The third kappa shape index (κ3) is 3.20. The van der Waals surface area contributed by atoms with E-state index in [-0.39, 0.29) is 0 Å². The summed E-state index contributed by atoms with van der Waals surface area (Å²) in [7, 11) is 0. The summed E-state index contributed by atoms with van der Waals surface area (Å²) in [5, 5.41) is 9.83. The van der Waals surface area contributed by atoms with Crippen LogP contribution in [0.2, 0.25) is 0 Å². The monoisotopic (exact) mass is 274 g/mol. The number of rotatable bonds is 5. The molecule has 2 aromatic rings. The lowest BCUT2D eigenvalue weighted by atomic mass is 10.1. The molecule has 1 aromatic carbocycles. The first-order valence-electron chi connectivity index (χ1n) is 6.91. The molecule has 0 aliphatic carbocycles. The van der Waals surface area contributed by atoms with Crippen molar-refractivity contribution in [2.24, 2.45) is 0 Å². The second-order valence-electron chi connectivity index (χ2n) is 5.39. The Bertz CT molecular complexity index is 574. The van der Waals surface area contributed by atoms with Gasteiger partial charge in [0.25, 0.3) is 0 Å². The summed E-state index contributed by atoms with van der Waals surface area (Å²) in [6.45, 7) is 8.42. The van der Waals surface area contributed by atoms with Crippen molar-refractivity contribution in [1.29, 1.82) is 0 Å². The van der Waals surface area contributed by atoms with Crippen LogP contribution in [0.15, 0.2) is 30.7 Å². The topological polar surface area (TPSA) is 47.3 Å². The van der Waals surface area contributed by atoms with Gasteiger partial charge in [-0.05, 0) is 39.8 Å². The molecule has 2 rings (SSSR count). The number of imidazole rings is 1. The van der Waals surface area contributed by atoms with Gasteiger partial charge in [-0.15, -0.1) is 0 Å². The van der Waals surface area contributed by atoms with Crippen LogP contribution < -0.4 is 4.74 Å². The molecule has 0 unspecified atom stereocenters. The largest absolute Gasteiger partial charge is 0.487 e. The van der Waals surface area contributed by atoms with Gasteiger partial charge in [0.05, 0.1) is 24.3 Å². The minimum Gasteiger partial charge on any atom is -0.487 e. The molecule has 0 spiro atoms. The Balaban J connectivity index is 2.17. The first-order valence-corrected chi connectivity index (χ1v) is 6.91. The number of aryl methyl sites for hydroxylation is 1. The van der Waals surface area contributed by atoms with E-state index in [0.29, 0.717) is 12.6 Å². The molecule has 1 heterocycles. The van der Waals surface area contributed by atoms with Crippen LogP contribution in [0.5, 0.6) is 5.75 Å². The number of aliphatic hydroxyl groups excluding tert-OH is 1. The summed E-state index contributed by atoms with van der Waals surface area (Å²) in [5.74, 6) is 0.724. The average molecular weight is 274 g/mol. The quantitative estimate of drug-likeness (QED) is 0.909. The van der Waals surface area contributed by atoms with Gasteiger partial charge in [-0.1, -0.05) is 11.6 Å². The first-order chi connectivity index (χ1) is 9.49. The van der Waals surface area contributed by atoms with E-state index in [1.807, 2.05) is 37.6 Å². The molecule has 1 atom stereocenters. The van der Waals surface area contributed by atoms with Crippen LogP contribution in [0.4, 0.5) is 0 Å². The number of aromatic nitrogens is 2. The zero-order valence-electron chi connectivity index (χ0n) is 12.5. The molecule has 20 heavy (non-hydrogen) atoms. The fraction of sp³-hybridized carbons (Fsp3) is 0.438. The van der Waals surface area contributed by atoms with E-state index in [4.69, 9.17) is 4.74 Å². The summed E-state index contributed by atoms with van der Waals surface area (Å²) in [6.07, 6.45) is 3.09. The molecule has 4 nitrogen and oxygen atoms in total. The molecule has 0 bridgehead atoms. The van der Waals surface area contributed by atoms with E-state index in [2.05, 4.69) is 23.4 Å². The van der Waals surface area contributed by atoms with Crippen molar-refractivity contribution >= 4 is 0 Å². The van der Waals surface area contributed by atoms with Crippen molar-refractivity contribution in [2.45, 2.75) is 46.4 Å². The third-order valence-electron chi connectivity index (χ3n) is 3.29. The SMILES string of the molecule is Cc1ccc(OCc2cncn2C(C)C)c([C@@H](C)O)c1. The Kier molecular flexibility index (Phi) is 4.45. The van der Waals surface area contributed by atoms with Crippen LogP contribution in [-0.4, -0.2) is 14.7 Å². The van der Waals surface area contributed by atoms with Crippen molar-refractivity contribution < 1.29 is 9.84 Å². The Morgan fingerprint density at radius 1 is 1.30 bits per heavy atom. The fourth-order valence-corrected chi connectivity index (χ4v) is 2.19. The molecular formula is C16H22N2O2. The van der Waals surface area contributed by atoms with E-state index in [1.165, 1.54) is 0 Å². The number of hydrogen-bond donors (Lipinski definition) is 1. The predicted octanol–water partition coefficient (Wildman–Crippen LogP) is 3.40. The lowest BCUT2D eigenvalue weighted by Crippen LogP contribution is -2.08. The van der Waals surface area contributed by atoms with Gasteiger partial charge in [0, 0.05) is 11.6 Å². The second kappa shape index (κ2) is 6.09. The van der Waals surface area contributed by atoms with Crippen LogP contribution in [0.3, 0.4) is 0 Å². The highest BCUT2D eigenvalue weighted by molar-refractivity contribution is 5.38. The molecule has 0 radical (unpaired) electrons. The molecule has 0 aliphatic rings. The minimum absolute atomic E-state index is 0.352. The van der Waals surface area contributed by atoms with Crippen LogP contribution in [-0.2, 0) is 6.61 Å². The Labute approximate surface area is 120 Å². The van der Waals surface area contributed by atoms with Gasteiger partial charge >= 0.3 is 0 Å². The first kappa shape index (κ1) is 14.6. The van der Waals surface area contributed by atoms with Crippen LogP contribution >= 0.6 is 0 Å². The van der Waals surface area contributed by atoms with Crippen LogP contribution in [0, 0.1) is 6.92 Å². The van der Waals surface area contributed by atoms with Gasteiger partial charge in [-0.3, -0.25) is 0 Å². The van der Waals surface area contributed by atoms with E-state index in [1.54, 1.807) is 6.92 Å². The fourth-order valence-electron chi connectivity index (χ4n) is 2.19. The number of ether oxygens (including phenoxy) is 1. The van der Waals surface area contributed by atoms with Gasteiger partial charge in [-0.25, -0.2) is 4.98 Å². The highest BCUT2D eigenvalue weighted by Gasteiger charge is 2.11. The molecule has 0 fully saturated rings. The minimum atomic E-state index is -0.542. The number of benzene rings is 1.